The van der Waals surface area contributed by atoms with E-state index in [4.69, 9.17) is 4.98 Å². The first-order valence-corrected chi connectivity index (χ1v) is 7.20. The summed E-state index contributed by atoms with van der Waals surface area (Å²) in [7, 11) is 1.97. The van der Waals surface area contributed by atoms with E-state index in [1.165, 1.54) is 21.2 Å². The van der Waals surface area contributed by atoms with E-state index in [1.807, 2.05) is 7.05 Å². The molecule has 0 fully saturated rings. The summed E-state index contributed by atoms with van der Waals surface area (Å²) in [5.74, 6) is 0. The Kier molecular flexibility index (Phi) is 3.32. The first kappa shape index (κ1) is 12.3. The van der Waals surface area contributed by atoms with Gasteiger partial charge >= 0.3 is 0 Å². The Morgan fingerprint density at radius 1 is 1.11 bits per heavy atom. The topological polar surface area (TPSA) is 24.9 Å². The number of benzene rings is 2. The molecule has 1 N–H and O–H groups in total. The molecule has 3 aromatic rings. The maximum Gasteiger partial charge on any atom is 0.124 e. The van der Waals surface area contributed by atoms with Crippen LogP contribution in [0.2, 0.25) is 0 Å². The molecule has 0 saturated heterocycles. The summed E-state index contributed by atoms with van der Waals surface area (Å²) in [6.07, 6.45) is 0. The maximum atomic E-state index is 4.73. The van der Waals surface area contributed by atoms with Crippen LogP contribution in [0.1, 0.15) is 10.6 Å². The SMILES string of the molecule is CNCc1sc(-c2cccc3ccccc23)nc1C. The maximum absolute atomic E-state index is 4.73. The lowest BCUT2D eigenvalue weighted by Gasteiger charge is -2.02. The van der Waals surface area contributed by atoms with E-state index in [2.05, 4.69) is 54.7 Å². The van der Waals surface area contributed by atoms with Gasteiger partial charge < -0.3 is 5.32 Å². The molecular weight excluding hydrogens is 252 g/mol. The molecule has 19 heavy (non-hydrogen) atoms. The summed E-state index contributed by atoms with van der Waals surface area (Å²) < 4.78 is 0. The van der Waals surface area contributed by atoms with Crippen molar-refractivity contribution in [3.63, 3.8) is 0 Å². The van der Waals surface area contributed by atoms with Crippen LogP contribution in [0.15, 0.2) is 42.5 Å². The van der Waals surface area contributed by atoms with Crippen LogP contribution in [0.4, 0.5) is 0 Å². The van der Waals surface area contributed by atoms with E-state index in [9.17, 15) is 0 Å². The molecular formula is C16H16N2S. The molecule has 0 amide bonds. The van der Waals surface area contributed by atoms with Crippen LogP contribution in [0.5, 0.6) is 0 Å². The average molecular weight is 268 g/mol. The quantitative estimate of drug-likeness (QED) is 0.777. The monoisotopic (exact) mass is 268 g/mol. The number of rotatable bonds is 3. The van der Waals surface area contributed by atoms with Gasteiger partial charge in [0.25, 0.3) is 0 Å². The fourth-order valence-electron chi connectivity index (χ4n) is 2.28. The van der Waals surface area contributed by atoms with Crippen LogP contribution in [0.25, 0.3) is 21.3 Å². The Labute approximate surface area is 117 Å². The number of nitrogens with one attached hydrogen (secondary N) is 1. The van der Waals surface area contributed by atoms with Crippen LogP contribution in [-0.4, -0.2) is 12.0 Å². The Bertz CT molecular complexity index is 710. The highest BCUT2D eigenvalue weighted by molar-refractivity contribution is 7.15. The molecule has 0 radical (unpaired) electrons. The lowest BCUT2D eigenvalue weighted by atomic mass is 10.1. The minimum Gasteiger partial charge on any atom is -0.315 e. The standard InChI is InChI=1S/C16H16N2S/c1-11-15(10-17-2)19-16(18-11)14-9-5-7-12-6-3-4-8-13(12)14/h3-9,17H,10H2,1-2H3. The molecule has 0 unspecified atom stereocenters. The summed E-state index contributed by atoms with van der Waals surface area (Å²) in [4.78, 5) is 6.04. The smallest absolute Gasteiger partial charge is 0.124 e. The predicted octanol–water partition coefficient (Wildman–Crippen LogP) is 3.99. The van der Waals surface area contributed by atoms with Crippen LogP contribution in [0.3, 0.4) is 0 Å². The van der Waals surface area contributed by atoms with Gasteiger partial charge in [0.1, 0.15) is 5.01 Å². The van der Waals surface area contributed by atoms with Gasteiger partial charge in [-0.1, -0.05) is 42.5 Å². The first-order chi connectivity index (χ1) is 9.29. The molecule has 0 saturated carbocycles. The summed E-state index contributed by atoms with van der Waals surface area (Å²) in [6, 6.07) is 14.9. The second kappa shape index (κ2) is 5.11. The molecule has 2 nitrogen and oxygen atoms in total. The zero-order chi connectivity index (χ0) is 13.2. The number of nitrogens with zero attached hydrogens (tertiary/aromatic N) is 1. The molecule has 3 heteroatoms. The van der Waals surface area contributed by atoms with E-state index in [0.29, 0.717) is 0 Å². The van der Waals surface area contributed by atoms with Crippen LogP contribution >= 0.6 is 11.3 Å². The van der Waals surface area contributed by atoms with Crippen molar-refractivity contribution in [2.45, 2.75) is 13.5 Å². The van der Waals surface area contributed by atoms with Gasteiger partial charge in [-0.25, -0.2) is 4.98 Å². The molecule has 1 heterocycles. The summed E-state index contributed by atoms with van der Waals surface area (Å²) in [5.41, 5.74) is 2.36. The fraction of sp³-hybridized carbons (Fsp3) is 0.188. The summed E-state index contributed by atoms with van der Waals surface area (Å²) in [5, 5.41) is 6.85. The van der Waals surface area contributed by atoms with Crippen molar-refractivity contribution in [2.75, 3.05) is 7.05 Å². The molecule has 0 atom stereocenters. The Balaban J connectivity index is 2.16. The fourth-order valence-corrected chi connectivity index (χ4v) is 3.39. The van der Waals surface area contributed by atoms with Crippen molar-refractivity contribution in [3.05, 3.63) is 53.0 Å². The highest BCUT2D eigenvalue weighted by Crippen LogP contribution is 2.33. The number of hydrogen-bond acceptors (Lipinski definition) is 3. The van der Waals surface area contributed by atoms with Crippen LogP contribution in [0, 0.1) is 6.92 Å². The van der Waals surface area contributed by atoms with Crippen molar-refractivity contribution in [3.8, 4) is 10.6 Å². The Hall–Kier alpha value is -1.71. The zero-order valence-corrected chi connectivity index (χ0v) is 11.9. The third-order valence-electron chi connectivity index (χ3n) is 3.25. The molecule has 0 aliphatic carbocycles. The van der Waals surface area contributed by atoms with Crippen LogP contribution < -0.4 is 5.32 Å². The molecule has 2 aromatic carbocycles. The lowest BCUT2D eigenvalue weighted by molar-refractivity contribution is 0.823. The van der Waals surface area contributed by atoms with Gasteiger partial charge in [0.15, 0.2) is 0 Å². The van der Waals surface area contributed by atoms with Crippen molar-refractivity contribution < 1.29 is 0 Å². The largest absolute Gasteiger partial charge is 0.315 e. The van der Waals surface area contributed by atoms with Gasteiger partial charge in [0.05, 0.1) is 5.69 Å². The minimum absolute atomic E-state index is 0.883. The Morgan fingerprint density at radius 2 is 1.89 bits per heavy atom. The number of aromatic nitrogens is 1. The van der Waals surface area contributed by atoms with Crippen LogP contribution in [-0.2, 0) is 6.54 Å². The van der Waals surface area contributed by atoms with Crippen molar-refractivity contribution >= 4 is 22.1 Å². The molecule has 96 valence electrons. The average Bonchev–Trinajstić information content (AvgIpc) is 2.80. The van der Waals surface area contributed by atoms with Gasteiger partial charge in [-0.3, -0.25) is 0 Å². The van der Waals surface area contributed by atoms with Gasteiger partial charge in [-0.15, -0.1) is 11.3 Å². The summed E-state index contributed by atoms with van der Waals surface area (Å²) >= 11 is 1.78. The molecule has 0 aliphatic heterocycles. The first-order valence-electron chi connectivity index (χ1n) is 6.38. The molecule has 0 spiro atoms. The summed E-state index contributed by atoms with van der Waals surface area (Å²) in [6.45, 7) is 2.96. The van der Waals surface area contributed by atoms with Gasteiger partial charge in [0, 0.05) is 17.0 Å². The van der Waals surface area contributed by atoms with E-state index in [1.54, 1.807) is 11.3 Å². The van der Waals surface area contributed by atoms with E-state index in [0.717, 1.165) is 17.2 Å². The third-order valence-corrected chi connectivity index (χ3v) is 4.44. The van der Waals surface area contributed by atoms with E-state index < -0.39 is 0 Å². The Morgan fingerprint density at radius 3 is 2.74 bits per heavy atom. The second-order valence-corrected chi connectivity index (χ2v) is 5.67. The molecule has 0 aliphatic rings. The van der Waals surface area contributed by atoms with Crippen molar-refractivity contribution in [1.29, 1.82) is 0 Å². The number of aryl methyl sites for hydroxylation is 1. The second-order valence-electron chi connectivity index (χ2n) is 4.58. The normalized spacial score (nSPS) is 11.1. The molecule has 1 aromatic heterocycles. The predicted molar refractivity (Wildman–Crippen MR) is 82.6 cm³/mol. The van der Waals surface area contributed by atoms with E-state index in [-0.39, 0.29) is 0 Å². The van der Waals surface area contributed by atoms with Crippen molar-refractivity contribution in [2.24, 2.45) is 0 Å². The molecule has 0 bridgehead atoms. The van der Waals surface area contributed by atoms with Gasteiger partial charge in [-0.2, -0.15) is 0 Å². The zero-order valence-electron chi connectivity index (χ0n) is 11.1. The van der Waals surface area contributed by atoms with Gasteiger partial charge in [-0.05, 0) is 24.7 Å². The minimum atomic E-state index is 0.883. The highest BCUT2D eigenvalue weighted by atomic mass is 32.1. The number of hydrogen-bond donors (Lipinski definition) is 1. The third kappa shape index (κ3) is 2.27. The van der Waals surface area contributed by atoms with Gasteiger partial charge in [0.2, 0.25) is 0 Å². The number of fused-ring (bicyclic) bond motifs is 1. The van der Waals surface area contributed by atoms with E-state index >= 15 is 0 Å². The highest BCUT2D eigenvalue weighted by Gasteiger charge is 2.10. The number of thiazole rings is 1. The molecule has 3 rings (SSSR count). The van der Waals surface area contributed by atoms with Crippen molar-refractivity contribution in [1.82, 2.24) is 10.3 Å². The lowest BCUT2D eigenvalue weighted by Crippen LogP contribution is -2.04.